The van der Waals surface area contributed by atoms with E-state index in [1.165, 1.54) is 12.5 Å². The minimum Gasteiger partial charge on any atom is -0.352 e. The number of alkyl halides is 2. The van der Waals surface area contributed by atoms with Gasteiger partial charge in [-0.1, -0.05) is 59.8 Å². The van der Waals surface area contributed by atoms with Gasteiger partial charge in [-0.2, -0.15) is 0 Å². The van der Waals surface area contributed by atoms with Crippen LogP contribution in [0.3, 0.4) is 0 Å². The van der Waals surface area contributed by atoms with E-state index in [2.05, 4.69) is 16.0 Å². The maximum atomic E-state index is 15.2. The summed E-state index contributed by atoms with van der Waals surface area (Å²) >= 11 is 0. The van der Waals surface area contributed by atoms with Crippen molar-refractivity contribution in [1.82, 2.24) is 26.3 Å². The number of nitrogens with one attached hydrogen (secondary N) is 4. The quantitative estimate of drug-likeness (QED) is 0.0554. The number of carbonyl (C=O) groups excluding carboxylic acids is 6. The normalized spacial score (nSPS) is 20.0. The van der Waals surface area contributed by atoms with Gasteiger partial charge in [0, 0.05) is 31.8 Å². The molecule has 16 heteroatoms. The number of ketones is 2. The van der Waals surface area contributed by atoms with Gasteiger partial charge >= 0.3 is 0 Å². The van der Waals surface area contributed by atoms with Crippen LogP contribution >= 0.6 is 0 Å². The number of hydrogen-bond acceptors (Lipinski definition) is 8. The molecule has 12 nitrogen and oxygen atoms in total. The zero-order valence-corrected chi connectivity index (χ0v) is 29.8. The fraction of sp³-hybridized carbons (Fsp3) is 0.657. The standard InChI is InChI=1S/C35H51F4N5O7/c1-6-9-11-24(38)29(45)35(30(46)25(39)12-10-7-2)18-27(41-19-35)34(50)44(5)28(20(4)8-3)33(49)42-26(32(48)43-51)13-14-40-31(47)21-15-22(36)17-23(37)16-21/h15-17,20,24-28,41,51H,6-14,18-19H2,1-5H3,(H,40,47)(H,42,49)(H,43,48)/t20-,24?,25?,26-,27-,28-,35?/m0/s1. The molecule has 0 bridgehead atoms. The van der Waals surface area contributed by atoms with Gasteiger partial charge in [0.2, 0.25) is 11.8 Å². The van der Waals surface area contributed by atoms with Crippen LogP contribution in [0.5, 0.6) is 0 Å². The van der Waals surface area contributed by atoms with Crippen molar-refractivity contribution in [3.63, 3.8) is 0 Å². The number of benzene rings is 1. The predicted molar refractivity (Wildman–Crippen MR) is 179 cm³/mol. The molecule has 6 atom stereocenters. The molecule has 1 aromatic carbocycles. The summed E-state index contributed by atoms with van der Waals surface area (Å²) in [6.45, 7) is 6.28. The van der Waals surface area contributed by atoms with Crippen LogP contribution in [-0.4, -0.2) is 95.9 Å². The lowest BCUT2D eigenvalue weighted by molar-refractivity contribution is -0.147. The Hall–Kier alpha value is -3.92. The van der Waals surface area contributed by atoms with E-state index in [9.17, 15) is 42.8 Å². The Morgan fingerprint density at radius 2 is 1.47 bits per heavy atom. The van der Waals surface area contributed by atoms with Crippen LogP contribution in [-0.2, 0) is 24.0 Å². The Labute approximate surface area is 295 Å². The Balaban J connectivity index is 2.27. The number of hydroxylamine groups is 1. The summed E-state index contributed by atoms with van der Waals surface area (Å²) in [5.74, 6) is -8.11. The first-order chi connectivity index (χ1) is 24.1. The molecule has 2 rings (SSSR count). The average molecular weight is 730 g/mol. The molecule has 2 unspecified atom stereocenters. The number of rotatable bonds is 21. The molecule has 286 valence electrons. The molecule has 51 heavy (non-hydrogen) atoms. The minimum absolute atomic E-state index is 0.152. The van der Waals surface area contributed by atoms with Gasteiger partial charge in [0.15, 0.2) is 23.9 Å². The summed E-state index contributed by atoms with van der Waals surface area (Å²) in [5.41, 5.74) is -1.02. The fourth-order valence-electron chi connectivity index (χ4n) is 6.23. The van der Waals surface area contributed by atoms with Gasteiger partial charge in [-0.25, -0.2) is 23.0 Å². The van der Waals surface area contributed by atoms with Gasteiger partial charge in [-0.3, -0.25) is 34.0 Å². The number of Topliss-reactive ketones (excluding diaryl/α,β-unsaturated/α-hetero) is 2. The summed E-state index contributed by atoms with van der Waals surface area (Å²) in [6.07, 6.45) is -2.88. The lowest BCUT2D eigenvalue weighted by atomic mass is 9.72. The summed E-state index contributed by atoms with van der Waals surface area (Å²) in [7, 11) is 1.31. The number of hydrogen-bond donors (Lipinski definition) is 5. The van der Waals surface area contributed by atoms with Crippen LogP contribution in [0, 0.1) is 23.0 Å². The zero-order valence-electron chi connectivity index (χ0n) is 29.8. The summed E-state index contributed by atoms with van der Waals surface area (Å²) in [6, 6.07) is -1.73. The van der Waals surface area contributed by atoms with Crippen LogP contribution in [0.4, 0.5) is 17.6 Å². The average Bonchev–Trinajstić information content (AvgIpc) is 3.56. The Morgan fingerprint density at radius 1 is 0.922 bits per heavy atom. The van der Waals surface area contributed by atoms with Crippen molar-refractivity contribution in [2.75, 3.05) is 20.1 Å². The van der Waals surface area contributed by atoms with E-state index in [-0.39, 0.29) is 31.4 Å². The summed E-state index contributed by atoms with van der Waals surface area (Å²) < 4.78 is 57.5. The molecule has 0 saturated carbocycles. The molecule has 5 N–H and O–H groups in total. The highest BCUT2D eigenvalue weighted by molar-refractivity contribution is 6.11. The SMILES string of the molecule is CCCCC(F)C(=O)C1(C(=O)C(F)CCCC)CN[C@H](C(=O)N(C)[C@H](C(=O)N[C@@H](CCNC(=O)c2cc(F)cc(F)c2)C(=O)NO)[C@@H](C)CC)C1. The van der Waals surface area contributed by atoms with Crippen LogP contribution in [0.15, 0.2) is 18.2 Å². The van der Waals surface area contributed by atoms with Crippen molar-refractivity contribution in [2.45, 2.75) is 116 Å². The second-order valence-electron chi connectivity index (χ2n) is 13.2. The molecular weight excluding hydrogens is 678 g/mol. The van der Waals surface area contributed by atoms with Gasteiger partial charge in [0.1, 0.15) is 29.1 Å². The Kier molecular flexibility index (Phi) is 17.1. The second kappa shape index (κ2) is 20.2. The molecular formula is C35H51F4N5O7. The van der Waals surface area contributed by atoms with Crippen LogP contribution in [0.25, 0.3) is 0 Å². The molecule has 1 aromatic rings. The number of likely N-dealkylation sites (N-methyl/N-ethyl adjacent to an activating group) is 1. The third kappa shape index (κ3) is 11.3. The van der Waals surface area contributed by atoms with E-state index in [0.717, 1.165) is 17.0 Å². The lowest BCUT2D eigenvalue weighted by Gasteiger charge is -2.34. The molecule has 1 aliphatic heterocycles. The fourth-order valence-corrected chi connectivity index (χ4v) is 6.23. The monoisotopic (exact) mass is 729 g/mol. The van der Waals surface area contributed by atoms with Crippen molar-refractivity contribution < 1.29 is 51.5 Å². The van der Waals surface area contributed by atoms with Gasteiger partial charge < -0.3 is 20.9 Å². The first-order valence-corrected chi connectivity index (χ1v) is 17.4. The molecule has 0 aromatic heterocycles. The smallest absolute Gasteiger partial charge is 0.265 e. The maximum absolute atomic E-state index is 15.2. The van der Waals surface area contributed by atoms with Crippen LogP contribution in [0.2, 0.25) is 0 Å². The summed E-state index contributed by atoms with van der Waals surface area (Å²) in [5, 5.41) is 17.0. The number of nitrogens with zero attached hydrogens (tertiary/aromatic N) is 1. The Morgan fingerprint density at radius 3 is 1.96 bits per heavy atom. The topological polar surface area (TPSA) is 174 Å². The van der Waals surface area contributed by atoms with Crippen LogP contribution < -0.4 is 21.4 Å². The highest BCUT2D eigenvalue weighted by Gasteiger charge is 2.56. The molecule has 4 amide bonds. The lowest BCUT2D eigenvalue weighted by Crippen LogP contribution is -2.58. The van der Waals surface area contributed by atoms with Crippen LogP contribution in [0.1, 0.15) is 95.8 Å². The molecule has 1 saturated heterocycles. The maximum Gasteiger partial charge on any atom is 0.265 e. The molecule has 1 aliphatic rings. The predicted octanol–water partition coefficient (Wildman–Crippen LogP) is 3.49. The molecule has 0 aliphatic carbocycles. The molecule has 1 heterocycles. The van der Waals surface area contributed by atoms with E-state index < -0.39 is 102 Å². The molecule has 1 fully saturated rings. The number of carbonyl (C=O) groups is 6. The van der Waals surface area contributed by atoms with E-state index in [1.54, 1.807) is 27.7 Å². The van der Waals surface area contributed by atoms with E-state index >= 15 is 8.78 Å². The van der Waals surface area contributed by atoms with E-state index in [0.29, 0.717) is 38.2 Å². The molecule has 0 spiro atoms. The van der Waals surface area contributed by atoms with Crippen molar-refractivity contribution in [3.05, 3.63) is 35.4 Å². The summed E-state index contributed by atoms with van der Waals surface area (Å²) in [4.78, 5) is 80.5. The van der Waals surface area contributed by atoms with Crippen molar-refractivity contribution >= 4 is 35.2 Å². The van der Waals surface area contributed by atoms with Crippen molar-refractivity contribution in [1.29, 1.82) is 0 Å². The number of halogens is 4. The van der Waals surface area contributed by atoms with Gasteiger partial charge in [-0.15, -0.1) is 0 Å². The van der Waals surface area contributed by atoms with Gasteiger partial charge in [0.25, 0.3) is 11.8 Å². The van der Waals surface area contributed by atoms with E-state index in [4.69, 9.17) is 0 Å². The molecule has 0 radical (unpaired) electrons. The first kappa shape index (κ1) is 43.2. The van der Waals surface area contributed by atoms with Gasteiger partial charge in [-0.05, 0) is 43.7 Å². The zero-order chi connectivity index (χ0) is 38.5. The highest BCUT2D eigenvalue weighted by atomic mass is 19.1. The van der Waals surface area contributed by atoms with Crippen molar-refractivity contribution in [3.8, 4) is 0 Å². The second-order valence-corrected chi connectivity index (χ2v) is 13.2. The highest BCUT2D eigenvalue weighted by Crippen LogP contribution is 2.37. The first-order valence-electron chi connectivity index (χ1n) is 17.4. The third-order valence-electron chi connectivity index (χ3n) is 9.44. The van der Waals surface area contributed by atoms with Crippen molar-refractivity contribution in [2.24, 2.45) is 11.3 Å². The number of amides is 4. The van der Waals surface area contributed by atoms with Gasteiger partial charge in [0.05, 0.1) is 6.04 Å². The third-order valence-corrected chi connectivity index (χ3v) is 9.44. The number of unbranched alkanes of at least 4 members (excludes halogenated alkanes) is 2. The van der Waals surface area contributed by atoms with E-state index in [1.807, 2.05) is 0 Å². The largest absolute Gasteiger partial charge is 0.352 e. The Bertz CT molecular complexity index is 1350. The minimum atomic E-state index is -2.12.